The fourth-order valence-corrected chi connectivity index (χ4v) is 9.54. The zero-order valence-electron chi connectivity index (χ0n) is 22.9. The van der Waals surface area contributed by atoms with E-state index in [1.54, 1.807) is 0 Å². The first-order valence-electron chi connectivity index (χ1n) is 14.8. The molecule has 4 fully saturated rings. The molecule has 4 aliphatic rings. The number of para-hydroxylation sites is 1. The molecule has 9 rings (SSSR count). The maximum absolute atomic E-state index is 2.90. The summed E-state index contributed by atoms with van der Waals surface area (Å²) in [6, 6.07) is 57.2. The zero-order valence-corrected chi connectivity index (χ0v) is 22.9. The van der Waals surface area contributed by atoms with Gasteiger partial charge in [0.05, 0.1) is 11.1 Å². The van der Waals surface area contributed by atoms with Crippen LogP contribution in [0.1, 0.15) is 54.4 Å². The molecule has 0 unspecified atom stereocenters. The molecule has 196 valence electrons. The largest absolute Gasteiger partial charge is 0.352 e. The molecule has 0 aromatic heterocycles. The van der Waals surface area contributed by atoms with Crippen molar-refractivity contribution in [2.24, 2.45) is 0 Å². The summed E-state index contributed by atoms with van der Waals surface area (Å²) in [4.78, 5) is 2.90. The molecule has 2 aliphatic heterocycles. The third-order valence-corrected chi connectivity index (χ3v) is 10.5. The summed E-state index contributed by atoms with van der Waals surface area (Å²) >= 11 is 0. The van der Waals surface area contributed by atoms with Crippen molar-refractivity contribution in [1.82, 2.24) is 0 Å². The van der Waals surface area contributed by atoms with Crippen molar-refractivity contribution >= 4 is 5.69 Å². The predicted octanol–water partition coefficient (Wildman–Crippen LogP) is 9.15. The van der Waals surface area contributed by atoms with Gasteiger partial charge < -0.3 is 4.90 Å². The third kappa shape index (κ3) is 3.27. The molecule has 2 aliphatic carbocycles. The van der Waals surface area contributed by atoms with Crippen LogP contribution < -0.4 is 4.90 Å². The first-order chi connectivity index (χ1) is 19.7. The Balaban J connectivity index is 1.50. The van der Waals surface area contributed by atoms with Crippen LogP contribution in [-0.2, 0) is 21.9 Å². The SMILES string of the molecule is c1ccc(N2C3(c4ccccc4)CC4(c5ccccc5)CC(c5ccccc5)(C3)CC2(c2ccccc2)C4)cc1. The van der Waals surface area contributed by atoms with Gasteiger partial charge in [-0.1, -0.05) is 140 Å². The molecule has 0 N–H and O–H groups in total. The van der Waals surface area contributed by atoms with Crippen molar-refractivity contribution in [1.29, 1.82) is 0 Å². The van der Waals surface area contributed by atoms with Crippen LogP contribution in [0.3, 0.4) is 0 Å². The normalized spacial score (nSPS) is 30.4. The summed E-state index contributed by atoms with van der Waals surface area (Å²) in [6.45, 7) is 0. The quantitative estimate of drug-likeness (QED) is 0.225. The van der Waals surface area contributed by atoms with E-state index in [9.17, 15) is 0 Å². The smallest absolute Gasteiger partial charge is 0.0679 e. The number of rotatable bonds is 5. The minimum atomic E-state index is -0.154. The van der Waals surface area contributed by atoms with Crippen LogP contribution in [0.5, 0.6) is 0 Å². The van der Waals surface area contributed by atoms with E-state index in [1.807, 2.05) is 0 Å². The topological polar surface area (TPSA) is 3.24 Å². The Morgan fingerprint density at radius 1 is 0.325 bits per heavy atom. The van der Waals surface area contributed by atoms with Gasteiger partial charge in [-0.2, -0.15) is 0 Å². The van der Waals surface area contributed by atoms with Gasteiger partial charge in [-0.05, 0) is 66.5 Å². The van der Waals surface area contributed by atoms with E-state index >= 15 is 0 Å². The molecule has 1 heteroatoms. The van der Waals surface area contributed by atoms with Gasteiger partial charge in [0.15, 0.2) is 0 Å². The van der Waals surface area contributed by atoms with Crippen LogP contribution in [-0.4, -0.2) is 0 Å². The lowest BCUT2D eigenvalue weighted by Gasteiger charge is -2.76. The third-order valence-electron chi connectivity index (χ3n) is 10.5. The fourth-order valence-electron chi connectivity index (χ4n) is 9.54. The van der Waals surface area contributed by atoms with Gasteiger partial charge in [-0.3, -0.25) is 0 Å². The second-order valence-corrected chi connectivity index (χ2v) is 12.6. The zero-order chi connectivity index (χ0) is 26.7. The second kappa shape index (κ2) is 8.70. The van der Waals surface area contributed by atoms with E-state index < -0.39 is 0 Å². The predicted molar refractivity (Wildman–Crippen MR) is 164 cm³/mol. The lowest BCUT2D eigenvalue weighted by atomic mass is 9.38. The molecular formula is C39H35N. The minimum Gasteiger partial charge on any atom is -0.352 e. The lowest BCUT2D eigenvalue weighted by molar-refractivity contribution is -0.0657. The number of hydrogen-bond donors (Lipinski definition) is 0. The summed E-state index contributed by atoms with van der Waals surface area (Å²) < 4.78 is 0. The number of benzene rings is 5. The number of anilines is 1. The van der Waals surface area contributed by atoms with Gasteiger partial charge in [0.1, 0.15) is 0 Å². The maximum atomic E-state index is 2.90. The highest BCUT2D eigenvalue weighted by Gasteiger charge is 2.72. The average Bonchev–Trinajstić information content (AvgIpc) is 3.03. The van der Waals surface area contributed by atoms with Crippen molar-refractivity contribution < 1.29 is 0 Å². The van der Waals surface area contributed by atoms with Crippen LogP contribution in [0, 0.1) is 0 Å². The van der Waals surface area contributed by atoms with E-state index in [0.717, 1.165) is 25.7 Å². The van der Waals surface area contributed by atoms with Crippen molar-refractivity contribution in [3.05, 3.63) is 174 Å². The lowest BCUT2D eigenvalue weighted by Crippen LogP contribution is -2.76. The Morgan fingerprint density at radius 2 is 0.625 bits per heavy atom. The molecule has 2 heterocycles. The summed E-state index contributed by atoms with van der Waals surface area (Å²) in [7, 11) is 0. The molecule has 5 aromatic carbocycles. The maximum Gasteiger partial charge on any atom is 0.0679 e. The molecule has 0 amide bonds. The van der Waals surface area contributed by atoms with Crippen molar-refractivity contribution in [2.45, 2.75) is 54.0 Å². The Hall–Kier alpha value is -4.10. The molecule has 5 aromatic rings. The number of piperidine rings is 2. The van der Waals surface area contributed by atoms with E-state index in [4.69, 9.17) is 0 Å². The minimum absolute atomic E-state index is 0.0601. The van der Waals surface area contributed by atoms with Gasteiger partial charge in [0.25, 0.3) is 0 Å². The number of nitrogens with zero attached hydrogens (tertiary/aromatic N) is 1. The first kappa shape index (κ1) is 23.8. The Bertz CT molecular complexity index is 1490. The van der Waals surface area contributed by atoms with E-state index in [2.05, 4.69) is 157 Å². The fraction of sp³-hybridized carbons (Fsp3) is 0.231. The molecule has 2 saturated carbocycles. The average molecular weight is 518 g/mol. The highest BCUT2D eigenvalue weighted by Crippen LogP contribution is 2.75. The van der Waals surface area contributed by atoms with Crippen LogP contribution >= 0.6 is 0 Å². The van der Waals surface area contributed by atoms with E-state index in [-0.39, 0.29) is 21.9 Å². The van der Waals surface area contributed by atoms with Gasteiger partial charge in [0.2, 0.25) is 0 Å². The number of hydrogen-bond acceptors (Lipinski definition) is 1. The van der Waals surface area contributed by atoms with Crippen molar-refractivity contribution in [3.63, 3.8) is 0 Å². The summed E-state index contributed by atoms with van der Waals surface area (Å²) in [5.41, 5.74) is 7.04. The highest BCUT2D eigenvalue weighted by molar-refractivity contribution is 5.63. The monoisotopic (exact) mass is 517 g/mol. The molecule has 2 saturated heterocycles. The van der Waals surface area contributed by atoms with E-state index in [1.165, 1.54) is 34.4 Å². The summed E-state index contributed by atoms with van der Waals surface area (Å²) in [6.07, 6.45) is 5.66. The van der Waals surface area contributed by atoms with Crippen LogP contribution in [0.4, 0.5) is 5.69 Å². The van der Waals surface area contributed by atoms with Gasteiger partial charge in [-0.25, -0.2) is 0 Å². The molecular weight excluding hydrogens is 482 g/mol. The Kier molecular flexibility index (Phi) is 5.17. The van der Waals surface area contributed by atoms with Crippen LogP contribution in [0.2, 0.25) is 0 Å². The van der Waals surface area contributed by atoms with Crippen LogP contribution in [0.15, 0.2) is 152 Å². The van der Waals surface area contributed by atoms with E-state index in [0.29, 0.717) is 0 Å². The van der Waals surface area contributed by atoms with Crippen molar-refractivity contribution in [3.8, 4) is 0 Å². The molecule has 1 nitrogen and oxygen atoms in total. The van der Waals surface area contributed by atoms with Gasteiger partial charge >= 0.3 is 0 Å². The van der Waals surface area contributed by atoms with Crippen LogP contribution in [0.25, 0.3) is 0 Å². The van der Waals surface area contributed by atoms with Gasteiger partial charge in [-0.15, -0.1) is 0 Å². The molecule has 40 heavy (non-hydrogen) atoms. The van der Waals surface area contributed by atoms with Crippen molar-refractivity contribution in [2.75, 3.05) is 4.90 Å². The first-order valence-corrected chi connectivity index (χ1v) is 14.8. The van der Waals surface area contributed by atoms with Gasteiger partial charge in [0, 0.05) is 16.5 Å². The molecule has 0 radical (unpaired) electrons. The Morgan fingerprint density at radius 3 is 0.975 bits per heavy atom. The summed E-state index contributed by atoms with van der Waals surface area (Å²) in [5, 5.41) is 0. The Labute approximate surface area is 238 Å². The standard InChI is InChI=1S/C39H35N/c1-6-16-31(17-7-1)36-26-37(32-18-8-2-9-19-32)29-38(27-36,33-20-10-3-11-21-33)40(35-24-14-5-15-25-35)39(28-36,30-37)34-22-12-4-13-23-34/h1-25H,26-30H2. The summed E-state index contributed by atoms with van der Waals surface area (Å²) in [5.74, 6) is 0. The molecule has 0 atom stereocenters. The second-order valence-electron chi connectivity index (χ2n) is 12.6. The highest BCUT2D eigenvalue weighted by atomic mass is 15.3. The molecule has 4 bridgehead atoms. The molecule has 0 spiro atoms.